The Kier molecular flexibility index (Phi) is 7.62. The van der Waals surface area contributed by atoms with E-state index in [1.165, 1.54) is 6.07 Å². The highest BCUT2D eigenvalue weighted by Crippen LogP contribution is 2.65. The summed E-state index contributed by atoms with van der Waals surface area (Å²) in [7, 11) is 0. The highest BCUT2D eigenvalue weighted by atomic mass is 19.3. The van der Waals surface area contributed by atoms with Crippen molar-refractivity contribution in [2.45, 2.75) is 65.9 Å². The fourth-order valence-electron chi connectivity index (χ4n) is 4.29. The van der Waals surface area contributed by atoms with Crippen molar-refractivity contribution in [1.82, 2.24) is 5.32 Å². The number of carbonyl (C=O) groups is 1. The number of hydrogen-bond acceptors (Lipinski definition) is 4. The van der Waals surface area contributed by atoms with Gasteiger partial charge in [0, 0.05) is 5.56 Å². The number of halogens is 2. The normalized spacial score (nSPS) is 19.3. The van der Waals surface area contributed by atoms with Gasteiger partial charge < -0.3 is 19.5 Å². The zero-order valence-electron chi connectivity index (χ0n) is 19.9. The molecule has 1 saturated carbocycles. The molecule has 5 nitrogen and oxygen atoms in total. The quantitative estimate of drug-likeness (QED) is 0.478. The monoisotopic (exact) mass is 461 g/mol. The molecule has 2 aromatic rings. The topological polar surface area (TPSA) is 56.8 Å². The Morgan fingerprint density at radius 2 is 1.79 bits per heavy atom. The van der Waals surface area contributed by atoms with Gasteiger partial charge in [0.2, 0.25) is 0 Å². The summed E-state index contributed by atoms with van der Waals surface area (Å²) in [4.78, 5) is 12.2. The van der Waals surface area contributed by atoms with E-state index >= 15 is 0 Å². The number of hydrogen-bond donors (Lipinski definition) is 1. The van der Waals surface area contributed by atoms with Gasteiger partial charge in [0.1, 0.15) is 11.4 Å². The second-order valence-corrected chi connectivity index (χ2v) is 9.96. The molecule has 1 aliphatic rings. The zero-order valence-corrected chi connectivity index (χ0v) is 19.9. The van der Waals surface area contributed by atoms with Gasteiger partial charge in [-0.3, -0.25) is 0 Å². The molecule has 0 heterocycles. The third-order valence-electron chi connectivity index (χ3n) is 5.99. The minimum Gasteiger partial charge on any atom is -0.444 e. The fourth-order valence-corrected chi connectivity index (χ4v) is 4.29. The van der Waals surface area contributed by atoms with E-state index in [1.54, 1.807) is 26.8 Å². The van der Waals surface area contributed by atoms with Gasteiger partial charge in [-0.1, -0.05) is 56.3 Å². The van der Waals surface area contributed by atoms with E-state index in [1.807, 2.05) is 36.4 Å². The number of rotatable bonds is 9. The van der Waals surface area contributed by atoms with Crippen LogP contribution in [0.3, 0.4) is 0 Å². The van der Waals surface area contributed by atoms with Crippen LogP contribution in [0, 0.1) is 11.3 Å². The molecule has 2 aromatic carbocycles. The highest BCUT2D eigenvalue weighted by molar-refractivity contribution is 5.68. The van der Waals surface area contributed by atoms with Crippen molar-refractivity contribution in [3.8, 4) is 5.75 Å². The van der Waals surface area contributed by atoms with Gasteiger partial charge in [-0.05, 0) is 55.2 Å². The molecule has 1 amide bonds. The Hall–Kier alpha value is -2.67. The van der Waals surface area contributed by atoms with Gasteiger partial charge in [-0.2, -0.15) is 8.78 Å². The van der Waals surface area contributed by atoms with Crippen molar-refractivity contribution in [3.05, 3.63) is 65.2 Å². The highest BCUT2D eigenvalue weighted by Gasteiger charge is 2.58. The molecule has 0 aliphatic heterocycles. The summed E-state index contributed by atoms with van der Waals surface area (Å²) in [6, 6.07) is 15.1. The van der Waals surface area contributed by atoms with E-state index in [9.17, 15) is 13.6 Å². The maximum atomic E-state index is 13.1. The number of amides is 1. The van der Waals surface area contributed by atoms with E-state index in [-0.39, 0.29) is 29.5 Å². The summed E-state index contributed by atoms with van der Waals surface area (Å²) in [6.07, 6.45) is -0.613. The average molecular weight is 462 g/mol. The average Bonchev–Trinajstić information content (AvgIpc) is 3.25. The summed E-state index contributed by atoms with van der Waals surface area (Å²) in [5.74, 6) is 0.360. The molecule has 0 aromatic heterocycles. The van der Waals surface area contributed by atoms with Crippen LogP contribution in [0.1, 0.15) is 57.2 Å². The van der Waals surface area contributed by atoms with Crippen LogP contribution in [0.25, 0.3) is 0 Å². The Labute approximate surface area is 194 Å². The van der Waals surface area contributed by atoms with Crippen molar-refractivity contribution in [2.75, 3.05) is 6.61 Å². The molecule has 3 rings (SSSR count). The van der Waals surface area contributed by atoms with Crippen LogP contribution in [0.5, 0.6) is 5.75 Å². The van der Waals surface area contributed by atoms with Gasteiger partial charge in [0.05, 0.1) is 19.8 Å². The van der Waals surface area contributed by atoms with Crippen molar-refractivity contribution < 1.29 is 27.8 Å². The molecule has 2 unspecified atom stereocenters. The van der Waals surface area contributed by atoms with Crippen molar-refractivity contribution in [1.29, 1.82) is 0 Å². The third-order valence-corrected chi connectivity index (χ3v) is 5.99. The van der Waals surface area contributed by atoms with Crippen molar-refractivity contribution in [2.24, 2.45) is 11.3 Å². The molecular weight excluding hydrogens is 428 g/mol. The summed E-state index contributed by atoms with van der Waals surface area (Å²) >= 11 is 0. The van der Waals surface area contributed by atoms with Gasteiger partial charge >= 0.3 is 12.7 Å². The molecule has 0 bridgehead atoms. The summed E-state index contributed by atoms with van der Waals surface area (Å²) in [5, 5.41) is 2.68. The first-order chi connectivity index (χ1) is 15.5. The molecule has 7 heteroatoms. The van der Waals surface area contributed by atoms with Crippen LogP contribution in [-0.4, -0.2) is 24.9 Å². The van der Waals surface area contributed by atoms with Crippen LogP contribution in [0.2, 0.25) is 0 Å². The molecule has 0 radical (unpaired) electrons. The molecule has 2 atom stereocenters. The van der Waals surface area contributed by atoms with Crippen LogP contribution in [-0.2, 0) is 22.6 Å². The van der Waals surface area contributed by atoms with Crippen LogP contribution in [0.15, 0.2) is 48.5 Å². The predicted molar refractivity (Wildman–Crippen MR) is 122 cm³/mol. The lowest BCUT2D eigenvalue weighted by Crippen LogP contribution is -2.32. The zero-order chi connectivity index (χ0) is 24.2. The van der Waals surface area contributed by atoms with Crippen molar-refractivity contribution >= 4 is 6.09 Å². The van der Waals surface area contributed by atoms with E-state index in [0.717, 1.165) is 11.1 Å². The lowest BCUT2D eigenvalue weighted by molar-refractivity contribution is -0.0505. The Morgan fingerprint density at radius 1 is 1.09 bits per heavy atom. The van der Waals surface area contributed by atoms with Crippen LogP contribution in [0.4, 0.5) is 13.6 Å². The Balaban J connectivity index is 1.75. The fraction of sp³-hybridized carbons (Fsp3) is 0.500. The molecule has 1 fully saturated rings. The largest absolute Gasteiger partial charge is 0.444 e. The molecule has 1 N–H and O–H groups in total. The minimum atomic E-state index is -2.96. The van der Waals surface area contributed by atoms with Crippen LogP contribution >= 0.6 is 0 Å². The van der Waals surface area contributed by atoms with E-state index in [2.05, 4.69) is 19.2 Å². The van der Waals surface area contributed by atoms with Gasteiger partial charge in [-0.25, -0.2) is 4.79 Å². The maximum Gasteiger partial charge on any atom is 0.407 e. The number of alkyl carbamates (subject to hydrolysis) is 1. The Bertz CT molecular complexity index is 941. The van der Waals surface area contributed by atoms with E-state index in [0.29, 0.717) is 18.8 Å². The van der Waals surface area contributed by atoms with E-state index < -0.39 is 18.3 Å². The standard InChI is InChI=1S/C26H33F2NO4/c1-25(2,3)33-24(30)29-14-19-18(12-9-13-21(19)32-23(27)28)22-20(26(22,4)5)16-31-15-17-10-7-6-8-11-17/h6-13,20,22-23H,14-16H2,1-5H3,(H,29,30). The smallest absolute Gasteiger partial charge is 0.407 e. The molecule has 1 aliphatic carbocycles. The summed E-state index contributed by atoms with van der Waals surface area (Å²) in [6.45, 7) is 7.69. The van der Waals surface area contributed by atoms with Gasteiger partial charge in [0.25, 0.3) is 0 Å². The van der Waals surface area contributed by atoms with E-state index in [4.69, 9.17) is 14.2 Å². The number of benzene rings is 2. The third kappa shape index (κ3) is 6.67. The molecule has 180 valence electrons. The number of nitrogens with one attached hydrogen (secondary N) is 1. The van der Waals surface area contributed by atoms with Crippen LogP contribution < -0.4 is 10.1 Å². The SMILES string of the molecule is CC(C)(C)OC(=O)NCc1c(OC(F)F)cccc1C1C(COCc2ccccc2)C1(C)C. The second-order valence-electron chi connectivity index (χ2n) is 9.96. The minimum absolute atomic E-state index is 0.0251. The summed E-state index contributed by atoms with van der Waals surface area (Å²) in [5.41, 5.74) is 1.77. The molecule has 0 saturated heterocycles. The first kappa shape index (κ1) is 25.0. The molecular formula is C26H33F2NO4. The summed E-state index contributed by atoms with van der Waals surface area (Å²) < 4.78 is 42.2. The first-order valence-electron chi connectivity index (χ1n) is 11.1. The Morgan fingerprint density at radius 3 is 2.42 bits per heavy atom. The molecule has 33 heavy (non-hydrogen) atoms. The maximum absolute atomic E-state index is 13.1. The first-order valence-corrected chi connectivity index (χ1v) is 11.1. The lowest BCUT2D eigenvalue weighted by atomic mass is 9.97. The number of alkyl halides is 2. The number of carbonyl (C=O) groups excluding carboxylic acids is 1. The second kappa shape index (κ2) is 10.1. The van der Waals surface area contributed by atoms with Gasteiger partial charge in [-0.15, -0.1) is 0 Å². The predicted octanol–water partition coefficient (Wildman–Crippen LogP) is 6.27. The number of ether oxygens (including phenoxy) is 3. The van der Waals surface area contributed by atoms with Gasteiger partial charge in [0.15, 0.2) is 0 Å². The van der Waals surface area contributed by atoms with Crippen molar-refractivity contribution in [3.63, 3.8) is 0 Å². The lowest BCUT2D eigenvalue weighted by Gasteiger charge is -2.21. The molecule has 0 spiro atoms.